The normalized spacial score (nSPS) is 12.0. The monoisotopic (exact) mass is 223 g/mol. The largest absolute Gasteiger partial charge is 0.493 e. The molecular weight excluding hydrogens is 206 g/mol. The van der Waals surface area contributed by atoms with E-state index in [1.165, 1.54) is 14.0 Å². The van der Waals surface area contributed by atoms with Crippen LogP contribution < -0.4 is 15.2 Å². The van der Waals surface area contributed by atoms with Crippen molar-refractivity contribution in [3.05, 3.63) is 23.8 Å². The Morgan fingerprint density at radius 3 is 2.62 bits per heavy atom. The second-order valence-electron chi connectivity index (χ2n) is 3.76. The fraction of sp³-hybridized carbons (Fsp3) is 0.417. The van der Waals surface area contributed by atoms with Gasteiger partial charge in [0.05, 0.1) is 7.11 Å². The summed E-state index contributed by atoms with van der Waals surface area (Å²) in [5, 5.41) is 0. The number of ether oxygens (including phenoxy) is 2. The first-order valence-electron chi connectivity index (χ1n) is 5.14. The second kappa shape index (κ2) is 5.51. The van der Waals surface area contributed by atoms with Crippen LogP contribution in [0.5, 0.6) is 11.5 Å². The van der Waals surface area contributed by atoms with Gasteiger partial charge in [-0.2, -0.15) is 0 Å². The summed E-state index contributed by atoms with van der Waals surface area (Å²) < 4.78 is 10.2. The predicted molar refractivity (Wildman–Crippen MR) is 61.7 cm³/mol. The van der Waals surface area contributed by atoms with Crippen LogP contribution in [0.3, 0.4) is 0 Å². The maximum Gasteiger partial charge on any atom is 0.308 e. The lowest BCUT2D eigenvalue weighted by molar-refractivity contribution is -0.132. The summed E-state index contributed by atoms with van der Waals surface area (Å²) in [5.74, 6) is 0.620. The number of nitrogens with two attached hydrogens (primary N) is 1. The number of rotatable bonds is 4. The minimum absolute atomic E-state index is 0.0873. The quantitative estimate of drug-likeness (QED) is 0.621. The molecule has 0 saturated heterocycles. The molecule has 0 bridgehead atoms. The summed E-state index contributed by atoms with van der Waals surface area (Å²) in [6.45, 7) is 3.29. The van der Waals surface area contributed by atoms with Gasteiger partial charge in [0.25, 0.3) is 0 Å². The highest BCUT2D eigenvalue weighted by atomic mass is 16.6. The molecule has 4 nitrogen and oxygen atoms in total. The molecule has 1 atom stereocenters. The van der Waals surface area contributed by atoms with Crippen LogP contribution in [0.15, 0.2) is 18.2 Å². The van der Waals surface area contributed by atoms with Crippen molar-refractivity contribution in [1.29, 1.82) is 0 Å². The van der Waals surface area contributed by atoms with E-state index in [-0.39, 0.29) is 12.0 Å². The number of hydrogen-bond donors (Lipinski definition) is 1. The van der Waals surface area contributed by atoms with Crippen LogP contribution in [0.25, 0.3) is 0 Å². The van der Waals surface area contributed by atoms with Crippen molar-refractivity contribution in [3.63, 3.8) is 0 Å². The number of esters is 1. The van der Waals surface area contributed by atoms with Crippen molar-refractivity contribution < 1.29 is 14.3 Å². The molecule has 1 aromatic rings. The van der Waals surface area contributed by atoms with Crippen molar-refractivity contribution in [3.8, 4) is 11.5 Å². The lowest BCUT2D eigenvalue weighted by Crippen LogP contribution is -2.17. The summed E-state index contributed by atoms with van der Waals surface area (Å²) in [7, 11) is 1.54. The standard InChI is InChI=1S/C12H17NO3/c1-8(13)6-10-4-5-11(16-9(2)14)12(7-10)15-3/h4-5,7-8H,6,13H2,1-3H3. The molecule has 1 aromatic carbocycles. The molecule has 0 amide bonds. The molecule has 4 heteroatoms. The molecular formula is C12H17NO3. The van der Waals surface area contributed by atoms with Gasteiger partial charge in [-0.3, -0.25) is 4.79 Å². The Bertz CT molecular complexity index is 375. The van der Waals surface area contributed by atoms with E-state index in [1.54, 1.807) is 6.07 Å². The van der Waals surface area contributed by atoms with Crippen LogP contribution in [0.1, 0.15) is 19.4 Å². The van der Waals surface area contributed by atoms with E-state index < -0.39 is 0 Å². The maximum atomic E-state index is 10.8. The topological polar surface area (TPSA) is 61.6 Å². The highest BCUT2D eigenvalue weighted by Crippen LogP contribution is 2.28. The molecule has 0 heterocycles. The number of hydrogen-bond acceptors (Lipinski definition) is 4. The van der Waals surface area contributed by atoms with E-state index >= 15 is 0 Å². The molecule has 0 radical (unpaired) electrons. The third-order valence-electron chi connectivity index (χ3n) is 2.04. The zero-order valence-corrected chi connectivity index (χ0v) is 9.82. The van der Waals surface area contributed by atoms with E-state index in [0.29, 0.717) is 11.5 Å². The van der Waals surface area contributed by atoms with E-state index in [1.807, 2.05) is 19.1 Å². The Kier molecular flexibility index (Phi) is 4.31. The summed E-state index contributed by atoms with van der Waals surface area (Å²) in [5.41, 5.74) is 6.77. The Balaban J connectivity index is 2.92. The van der Waals surface area contributed by atoms with Gasteiger partial charge in [-0.1, -0.05) is 6.07 Å². The van der Waals surface area contributed by atoms with Crippen LogP contribution in [0.2, 0.25) is 0 Å². The zero-order chi connectivity index (χ0) is 12.1. The second-order valence-corrected chi connectivity index (χ2v) is 3.76. The van der Waals surface area contributed by atoms with Crippen molar-refractivity contribution in [1.82, 2.24) is 0 Å². The lowest BCUT2D eigenvalue weighted by atomic mass is 10.1. The number of methoxy groups -OCH3 is 1. The first-order valence-corrected chi connectivity index (χ1v) is 5.14. The van der Waals surface area contributed by atoms with E-state index in [2.05, 4.69) is 0 Å². The fourth-order valence-electron chi connectivity index (χ4n) is 1.45. The van der Waals surface area contributed by atoms with Gasteiger partial charge in [-0.05, 0) is 31.0 Å². The third-order valence-corrected chi connectivity index (χ3v) is 2.04. The predicted octanol–water partition coefficient (Wildman–Crippen LogP) is 1.51. The molecule has 0 aliphatic heterocycles. The molecule has 2 N–H and O–H groups in total. The first kappa shape index (κ1) is 12.5. The van der Waals surface area contributed by atoms with Gasteiger partial charge in [0.15, 0.2) is 11.5 Å². The molecule has 0 fully saturated rings. The Labute approximate surface area is 95.3 Å². The molecule has 0 spiro atoms. The molecule has 88 valence electrons. The van der Waals surface area contributed by atoms with Crippen LogP contribution in [0.4, 0.5) is 0 Å². The molecule has 16 heavy (non-hydrogen) atoms. The van der Waals surface area contributed by atoms with E-state index in [4.69, 9.17) is 15.2 Å². The van der Waals surface area contributed by atoms with Crippen LogP contribution in [-0.2, 0) is 11.2 Å². The number of carbonyl (C=O) groups is 1. The van der Waals surface area contributed by atoms with E-state index in [9.17, 15) is 4.79 Å². The van der Waals surface area contributed by atoms with Crippen molar-refractivity contribution in [2.75, 3.05) is 7.11 Å². The average Bonchev–Trinajstić information content (AvgIpc) is 2.18. The molecule has 1 rings (SSSR count). The number of carbonyl (C=O) groups excluding carboxylic acids is 1. The lowest BCUT2D eigenvalue weighted by Gasteiger charge is -2.11. The Hall–Kier alpha value is -1.55. The third kappa shape index (κ3) is 3.55. The fourth-order valence-corrected chi connectivity index (χ4v) is 1.45. The van der Waals surface area contributed by atoms with Crippen molar-refractivity contribution >= 4 is 5.97 Å². The van der Waals surface area contributed by atoms with Gasteiger partial charge in [-0.15, -0.1) is 0 Å². The van der Waals surface area contributed by atoms with Gasteiger partial charge in [0.1, 0.15) is 0 Å². The summed E-state index contributed by atoms with van der Waals surface area (Å²) >= 11 is 0. The minimum atomic E-state index is -0.363. The van der Waals surface area contributed by atoms with Crippen LogP contribution in [-0.4, -0.2) is 19.1 Å². The SMILES string of the molecule is COc1cc(CC(C)N)ccc1OC(C)=O. The van der Waals surface area contributed by atoms with Gasteiger partial charge in [0, 0.05) is 13.0 Å². The summed E-state index contributed by atoms with van der Waals surface area (Å²) in [4.78, 5) is 10.8. The highest BCUT2D eigenvalue weighted by molar-refractivity contribution is 5.70. The van der Waals surface area contributed by atoms with Gasteiger partial charge < -0.3 is 15.2 Å². The van der Waals surface area contributed by atoms with Crippen LogP contribution in [0, 0.1) is 0 Å². The Morgan fingerprint density at radius 1 is 1.44 bits per heavy atom. The van der Waals surface area contributed by atoms with Gasteiger partial charge >= 0.3 is 5.97 Å². The summed E-state index contributed by atoms with van der Waals surface area (Å²) in [6, 6.07) is 5.52. The highest BCUT2D eigenvalue weighted by Gasteiger charge is 2.08. The summed E-state index contributed by atoms with van der Waals surface area (Å²) in [6.07, 6.45) is 0.761. The van der Waals surface area contributed by atoms with Crippen LogP contribution >= 0.6 is 0 Å². The average molecular weight is 223 g/mol. The molecule has 0 aliphatic carbocycles. The van der Waals surface area contributed by atoms with Crippen molar-refractivity contribution in [2.24, 2.45) is 5.73 Å². The zero-order valence-electron chi connectivity index (χ0n) is 9.82. The smallest absolute Gasteiger partial charge is 0.308 e. The van der Waals surface area contributed by atoms with Gasteiger partial charge in [0.2, 0.25) is 0 Å². The molecule has 0 aromatic heterocycles. The van der Waals surface area contributed by atoms with E-state index in [0.717, 1.165) is 12.0 Å². The molecule has 1 unspecified atom stereocenters. The van der Waals surface area contributed by atoms with Gasteiger partial charge in [-0.25, -0.2) is 0 Å². The first-order chi connectivity index (χ1) is 7.52. The van der Waals surface area contributed by atoms with Crippen molar-refractivity contribution in [2.45, 2.75) is 26.3 Å². The Morgan fingerprint density at radius 2 is 2.12 bits per heavy atom. The molecule has 0 saturated carbocycles. The number of benzene rings is 1. The molecule has 0 aliphatic rings. The minimum Gasteiger partial charge on any atom is -0.493 e. The maximum absolute atomic E-state index is 10.8.